The number of benzene rings is 3. The Labute approximate surface area is 179 Å². The zero-order chi connectivity index (χ0) is 21.8. The van der Waals surface area contributed by atoms with Crippen molar-refractivity contribution < 1.29 is 13.9 Å². The molecule has 1 aromatic heterocycles. The lowest BCUT2D eigenvalue weighted by atomic mass is 10.0. The average Bonchev–Trinajstić information content (AvgIpc) is 2.82. The van der Waals surface area contributed by atoms with E-state index in [0.717, 1.165) is 16.9 Å². The second-order valence-corrected chi connectivity index (χ2v) is 6.95. The highest BCUT2D eigenvalue weighted by atomic mass is 19.1. The van der Waals surface area contributed by atoms with Crippen LogP contribution in [0.25, 0.3) is 22.2 Å². The van der Waals surface area contributed by atoms with Crippen LogP contribution in [0.5, 0.6) is 5.75 Å². The van der Waals surface area contributed by atoms with Gasteiger partial charge in [0, 0.05) is 10.9 Å². The molecule has 0 fully saturated rings. The molecule has 31 heavy (non-hydrogen) atoms. The standard InChI is InChI=1S/C25H20FN3O2/c1-16(17-9-13-20(31-2)14-10-17)28-29-25(30)22-15-24(18-7-11-19(26)12-8-18)27-23-6-4-3-5-21(22)23/h3-15H,1-2H3,(H,29,30). The van der Waals surface area contributed by atoms with Gasteiger partial charge in [-0.05, 0) is 73.2 Å². The van der Waals surface area contributed by atoms with E-state index in [2.05, 4.69) is 15.5 Å². The first-order valence-corrected chi connectivity index (χ1v) is 9.70. The highest BCUT2D eigenvalue weighted by Gasteiger charge is 2.14. The van der Waals surface area contributed by atoms with Crippen LogP contribution in [0.3, 0.4) is 0 Å². The number of nitrogens with one attached hydrogen (secondary N) is 1. The van der Waals surface area contributed by atoms with Gasteiger partial charge in [0.1, 0.15) is 11.6 Å². The van der Waals surface area contributed by atoms with E-state index in [4.69, 9.17) is 4.74 Å². The van der Waals surface area contributed by atoms with E-state index < -0.39 is 0 Å². The summed E-state index contributed by atoms with van der Waals surface area (Å²) in [5.41, 5.74) is 6.58. The van der Waals surface area contributed by atoms with Gasteiger partial charge in [-0.3, -0.25) is 4.79 Å². The molecule has 5 nitrogen and oxygen atoms in total. The summed E-state index contributed by atoms with van der Waals surface area (Å²) < 4.78 is 18.5. The van der Waals surface area contributed by atoms with Crippen LogP contribution in [0.15, 0.2) is 84.0 Å². The molecular weight excluding hydrogens is 393 g/mol. The molecule has 0 unspecified atom stereocenters. The molecule has 4 rings (SSSR count). The molecule has 1 heterocycles. The summed E-state index contributed by atoms with van der Waals surface area (Å²) in [5.74, 6) is 0.0674. The van der Waals surface area contributed by atoms with Crippen LogP contribution in [0.1, 0.15) is 22.8 Å². The molecule has 0 saturated heterocycles. The molecule has 4 aromatic rings. The normalized spacial score (nSPS) is 11.4. The molecule has 0 atom stereocenters. The Morgan fingerprint density at radius 3 is 2.42 bits per heavy atom. The van der Waals surface area contributed by atoms with Crippen molar-refractivity contribution in [1.82, 2.24) is 10.4 Å². The van der Waals surface area contributed by atoms with Gasteiger partial charge in [0.15, 0.2) is 0 Å². The SMILES string of the molecule is COc1ccc(C(C)=NNC(=O)c2cc(-c3ccc(F)cc3)nc3ccccc23)cc1. The lowest BCUT2D eigenvalue weighted by Crippen LogP contribution is -2.20. The Bertz CT molecular complexity index is 1270. The van der Waals surface area contributed by atoms with Crippen molar-refractivity contribution in [3.63, 3.8) is 0 Å². The van der Waals surface area contributed by atoms with Crippen molar-refractivity contribution in [1.29, 1.82) is 0 Å². The highest BCUT2D eigenvalue weighted by Crippen LogP contribution is 2.25. The fraction of sp³-hybridized carbons (Fsp3) is 0.0800. The number of hydrogen-bond donors (Lipinski definition) is 1. The number of para-hydroxylation sites is 1. The fourth-order valence-corrected chi connectivity index (χ4v) is 3.22. The predicted octanol–water partition coefficient (Wildman–Crippen LogP) is 5.20. The van der Waals surface area contributed by atoms with Crippen LogP contribution in [0.4, 0.5) is 4.39 Å². The van der Waals surface area contributed by atoms with Crippen LogP contribution in [-0.4, -0.2) is 23.7 Å². The zero-order valence-electron chi connectivity index (χ0n) is 17.1. The first kappa shape index (κ1) is 20.2. The van der Waals surface area contributed by atoms with Crippen molar-refractivity contribution >= 4 is 22.5 Å². The van der Waals surface area contributed by atoms with E-state index in [9.17, 15) is 9.18 Å². The number of hydrazone groups is 1. The Morgan fingerprint density at radius 2 is 1.71 bits per heavy atom. The first-order chi connectivity index (χ1) is 15.0. The van der Waals surface area contributed by atoms with Gasteiger partial charge >= 0.3 is 0 Å². The summed E-state index contributed by atoms with van der Waals surface area (Å²) in [5, 5.41) is 4.96. The van der Waals surface area contributed by atoms with Crippen molar-refractivity contribution in [2.24, 2.45) is 5.10 Å². The maximum atomic E-state index is 13.3. The number of halogens is 1. The van der Waals surface area contributed by atoms with E-state index in [1.165, 1.54) is 12.1 Å². The molecular formula is C25H20FN3O2. The molecule has 6 heteroatoms. The lowest BCUT2D eigenvalue weighted by molar-refractivity contribution is 0.0956. The topological polar surface area (TPSA) is 63.6 Å². The number of aromatic nitrogens is 1. The monoisotopic (exact) mass is 413 g/mol. The molecule has 0 aliphatic heterocycles. The van der Waals surface area contributed by atoms with Gasteiger partial charge in [-0.25, -0.2) is 14.8 Å². The second kappa shape index (κ2) is 8.75. The van der Waals surface area contributed by atoms with Gasteiger partial charge in [-0.2, -0.15) is 5.10 Å². The number of fused-ring (bicyclic) bond motifs is 1. The number of carbonyl (C=O) groups is 1. The Kier molecular flexibility index (Phi) is 5.71. The molecule has 0 bridgehead atoms. The Balaban J connectivity index is 1.67. The third-order valence-corrected chi connectivity index (χ3v) is 4.93. The average molecular weight is 413 g/mol. The third kappa shape index (κ3) is 4.43. The van der Waals surface area contributed by atoms with Crippen LogP contribution in [0.2, 0.25) is 0 Å². The quantitative estimate of drug-likeness (QED) is 0.361. The number of pyridine rings is 1. The minimum Gasteiger partial charge on any atom is -0.497 e. The Morgan fingerprint density at radius 1 is 1.00 bits per heavy atom. The fourth-order valence-electron chi connectivity index (χ4n) is 3.22. The maximum absolute atomic E-state index is 13.3. The van der Waals surface area contributed by atoms with Crippen LogP contribution < -0.4 is 10.2 Å². The largest absolute Gasteiger partial charge is 0.497 e. The number of nitrogens with zero attached hydrogens (tertiary/aromatic N) is 2. The summed E-state index contributed by atoms with van der Waals surface area (Å²) in [4.78, 5) is 17.6. The van der Waals surface area contributed by atoms with E-state index in [0.29, 0.717) is 27.9 Å². The number of methoxy groups -OCH3 is 1. The van der Waals surface area contributed by atoms with Crippen molar-refractivity contribution in [3.8, 4) is 17.0 Å². The first-order valence-electron chi connectivity index (χ1n) is 9.70. The maximum Gasteiger partial charge on any atom is 0.272 e. The lowest BCUT2D eigenvalue weighted by Gasteiger charge is -2.10. The van der Waals surface area contributed by atoms with Crippen molar-refractivity contribution in [2.45, 2.75) is 6.92 Å². The third-order valence-electron chi connectivity index (χ3n) is 4.93. The number of amides is 1. The van der Waals surface area contributed by atoms with Gasteiger partial charge < -0.3 is 4.74 Å². The molecule has 0 radical (unpaired) electrons. The molecule has 0 spiro atoms. The molecule has 3 aromatic carbocycles. The van der Waals surface area contributed by atoms with E-state index in [1.54, 1.807) is 25.3 Å². The van der Waals surface area contributed by atoms with Gasteiger partial charge in [-0.1, -0.05) is 18.2 Å². The van der Waals surface area contributed by atoms with Gasteiger partial charge in [0.05, 0.1) is 29.6 Å². The summed E-state index contributed by atoms with van der Waals surface area (Å²) in [6.07, 6.45) is 0. The molecule has 0 saturated carbocycles. The summed E-state index contributed by atoms with van der Waals surface area (Å²) >= 11 is 0. The minimum atomic E-state index is -0.352. The minimum absolute atomic E-state index is 0.328. The Hall–Kier alpha value is -4.06. The van der Waals surface area contributed by atoms with Gasteiger partial charge in [0.2, 0.25) is 0 Å². The molecule has 1 N–H and O–H groups in total. The molecule has 0 aliphatic rings. The molecule has 154 valence electrons. The van der Waals surface area contributed by atoms with Crippen molar-refractivity contribution in [3.05, 3.63) is 95.8 Å². The molecule has 0 aliphatic carbocycles. The summed E-state index contributed by atoms with van der Waals surface area (Å²) in [6.45, 7) is 1.82. The van der Waals surface area contributed by atoms with Crippen LogP contribution in [0, 0.1) is 5.82 Å². The van der Waals surface area contributed by atoms with Gasteiger partial charge in [0.25, 0.3) is 5.91 Å². The van der Waals surface area contributed by atoms with E-state index in [1.807, 2.05) is 55.5 Å². The van der Waals surface area contributed by atoms with E-state index in [-0.39, 0.29) is 11.7 Å². The highest BCUT2D eigenvalue weighted by molar-refractivity contribution is 6.08. The van der Waals surface area contributed by atoms with Crippen LogP contribution >= 0.6 is 0 Å². The van der Waals surface area contributed by atoms with Crippen molar-refractivity contribution in [2.75, 3.05) is 7.11 Å². The van der Waals surface area contributed by atoms with Gasteiger partial charge in [-0.15, -0.1) is 0 Å². The second-order valence-electron chi connectivity index (χ2n) is 6.95. The number of hydrogen-bond acceptors (Lipinski definition) is 4. The summed E-state index contributed by atoms with van der Waals surface area (Å²) in [7, 11) is 1.61. The summed E-state index contributed by atoms with van der Waals surface area (Å²) in [6, 6.07) is 22.5. The number of ether oxygens (including phenoxy) is 1. The van der Waals surface area contributed by atoms with E-state index >= 15 is 0 Å². The van der Waals surface area contributed by atoms with Crippen LogP contribution in [-0.2, 0) is 0 Å². The number of rotatable bonds is 5. The number of carbonyl (C=O) groups excluding carboxylic acids is 1. The predicted molar refractivity (Wildman–Crippen MR) is 120 cm³/mol. The zero-order valence-corrected chi connectivity index (χ0v) is 17.1. The molecule has 1 amide bonds. The smallest absolute Gasteiger partial charge is 0.272 e.